The summed E-state index contributed by atoms with van der Waals surface area (Å²) in [6.45, 7) is 0. The molecular weight excluding hydrogens is 232 g/mol. The van der Waals surface area contributed by atoms with E-state index in [1.54, 1.807) is 18.2 Å². The van der Waals surface area contributed by atoms with Crippen LogP contribution in [0.15, 0.2) is 29.4 Å². The summed E-state index contributed by atoms with van der Waals surface area (Å²) in [5, 5.41) is 24.5. The first-order chi connectivity index (χ1) is 8.86. The maximum absolute atomic E-state index is 9.18. The van der Waals surface area contributed by atoms with E-state index in [1.165, 1.54) is 4.52 Å². The van der Waals surface area contributed by atoms with Crippen molar-refractivity contribution in [3.8, 4) is 6.07 Å². The molecule has 0 saturated heterocycles. The van der Waals surface area contributed by atoms with Crippen LogP contribution in [0.25, 0.3) is 27.0 Å². The van der Waals surface area contributed by atoms with Gasteiger partial charge in [0.2, 0.25) is 0 Å². The third-order valence-electron chi connectivity index (χ3n) is 2.57. The highest BCUT2D eigenvalue weighted by molar-refractivity contribution is 5.96. The highest BCUT2D eigenvalue weighted by Gasteiger charge is 2.15. The third-order valence-corrected chi connectivity index (χ3v) is 2.57. The van der Waals surface area contributed by atoms with Crippen LogP contribution in [-0.4, -0.2) is 20.0 Å². The number of azide groups is 1. The van der Waals surface area contributed by atoms with Crippen molar-refractivity contribution >= 4 is 22.2 Å². The van der Waals surface area contributed by atoms with E-state index in [2.05, 4.69) is 25.6 Å². The van der Waals surface area contributed by atoms with E-state index in [0.717, 1.165) is 0 Å². The molecule has 84 valence electrons. The van der Waals surface area contributed by atoms with Gasteiger partial charge in [0.1, 0.15) is 11.6 Å². The molecule has 1 aromatic carbocycles. The molecule has 0 saturated carbocycles. The Morgan fingerprint density at radius 3 is 3.00 bits per heavy atom. The average Bonchev–Trinajstić information content (AvgIpc) is 2.88. The van der Waals surface area contributed by atoms with Crippen molar-refractivity contribution in [1.29, 1.82) is 5.26 Å². The van der Waals surface area contributed by atoms with Crippen molar-refractivity contribution < 1.29 is 0 Å². The number of fused-ring (bicyclic) bond motifs is 3. The molecule has 3 aromatic rings. The number of nitriles is 1. The zero-order chi connectivity index (χ0) is 12.5. The lowest BCUT2D eigenvalue weighted by Crippen LogP contribution is -1.94. The average molecular weight is 236 g/mol. The van der Waals surface area contributed by atoms with Crippen LogP contribution in [0.1, 0.15) is 5.56 Å². The van der Waals surface area contributed by atoms with Gasteiger partial charge in [0.25, 0.3) is 0 Å². The molecular formula is C10H4N8. The Balaban J connectivity index is 2.69. The van der Waals surface area contributed by atoms with E-state index >= 15 is 0 Å². The molecule has 2 heterocycles. The summed E-state index contributed by atoms with van der Waals surface area (Å²) in [5.74, 6) is 0. The van der Waals surface area contributed by atoms with Gasteiger partial charge in [0.15, 0.2) is 5.65 Å². The third kappa shape index (κ3) is 1.19. The van der Waals surface area contributed by atoms with E-state index in [-0.39, 0.29) is 16.9 Å². The molecule has 2 aromatic heterocycles. The minimum Gasteiger partial charge on any atom is -0.192 e. The van der Waals surface area contributed by atoms with Crippen LogP contribution >= 0.6 is 0 Å². The Bertz CT molecular complexity index is 849. The maximum Gasteiger partial charge on any atom is 0.198 e. The summed E-state index contributed by atoms with van der Waals surface area (Å²) < 4.78 is 1.45. The molecule has 0 bridgehead atoms. The van der Waals surface area contributed by atoms with Crippen LogP contribution in [0.4, 0.5) is 5.69 Å². The second kappa shape index (κ2) is 3.69. The van der Waals surface area contributed by atoms with Gasteiger partial charge in [-0.2, -0.15) is 9.78 Å². The summed E-state index contributed by atoms with van der Waals surface area (Å²) >= 11 is 0. The van der Waals surface area contributed by atoms with Crippen LogP contribution in [0, 0.1) is 11.3 Å². The number of hydrogen-bond acceptors (Lipinski definition) is 5. The molecule has 0 unspecified atom stereocenters. The van der Waals surface area contributed by atoms with Gasteiger partial charge in [0.05, 0.1) is 11.2 Å². The van der Waals surface area contributed by atoms with Crippen LogP contribution in [-0.2, 0) is 0 Å². The maximum atomic E-state index is 9.18. The molecule has 0 aliphatic rings. The molecule has 18 heavy (non-hydrogen) atoms. The predicted molar refractivity (Wildman–Crippen MR) is 61.8 cm³/mol. The number of tetrazole rings is 1. The topological polar surface area (TPSA) is 116 Å². The number of hydrogen-bond donors (Lipinski definition) is 0. The minimum atomic E-state index is 0.163. The predicted octanol–water partition coefficient (Wildman–Crippen LogP) is 2.09. The Labute approximate surface area is 99.7 Å². The number of pyridine rings is 1. The van der Waals surface area contributed by atoms with E-state index in [4.69, 9.17) is 5.53 Å². The van der Waals surface area contributed by atoms with Crippen molar-refractivity contribution in [2.75, 3.05) is 0 Å². The zero-order valence-electron chi connectivity index (χ0n) is 8.89. The normalized spacial score (nSPS) is 10.2. The monoisotopic (exact) mass is 236 g/mol. The number of para-hydroxylation sites is 1. The molecule has 3 rings (SSSR count). The van der Waals surface area contributed by atoms with Gasteiger partial charge in [-0.05, 0) is 22.0 Å². The number of benzene rings is 1. The summed E-state index contributed by atoms with van der Waals surface area (Å²) in [4.78, 5) is 2.75. The lowest BCUT2D eigenvalue weighted by atomic mass is 10.1. The lowest BCUT2D eigenvalue weighted by molar-refractivity contribution is 0.841. The van der Waals surface area contributed by atoms with Crippen molar-refractivity contribution in [3.63, 3.8) is 0 Å². The van der Waals surface area contributed by atoms with Gasteiger partial charge >= 0.3 is 0 Å². The summed E-state index contributed by atoms with van der Waals surface area (Å²) in [6.07, 6.45) is 0. The first-order valence-electron chi connectivity index (χ1n) is 4.95. The Morgan fingerprint density at radius 1 is 1.39 bits per heavy atom. The fraction of sp³-hybridized carbons (Fsp3) is 0. The number of rotatable bonds is 1. The molecule has 8 nitrogen and oxygen atoms in total. The zero-order valence-corrected chi connectivity index (χ0v) is 8.89. The summed E-state index contributed by atoms with van der Waals surface area (Å²) in [6, 6.07) is 9.12. The fourth-order valence-electron chi connectivity index (χ4n) is 1.86. The Hall–Kier alpha value is -3.17. The van der Waals surface area contributed by atoms with E-state index in [1.807, 2.05) is 12.1 Å². The molecule has 0 radical (unpaired) electrons. The van der Waals surface area contributed by atoms with Crippen LogP contribution < -0.4 is 0 Å². The van der Waals surface area contributed by atoms with E-state index < -0.39 is 0 Å². The highest BCUT2D eigenvalue weighted by atomic mass is 15.5. The van der Waals surface area contributed by atoms with Gasteiger partial charge < -0.3 is 0 Å². The SMILES string of the molecule is N#Cc1c(N=[N+]=[N-])c2ccccc2n2nnnc12. The van der Waals surface area contributed by atoms with Gasteiger partial charge in [-0.3, -0.25) is 0 Å². The molecule has 0 amide bonds. The molecule has 0 spiro atoms. The second-order valence-electron chi connectivity index (χ2n) is 3.46. The second-order valence-corrected chi connectivity index (χ2v) is 3.46. The van der Waals surface area contributed by atoms with Crippen molar-refractivity contribution in [1.82, 2.24) is 20.0 Å². The molecule has 8 heteroatoms. The minimum absolute atomic E-state index is 0.163. The summed E-state index contributed by atoms with van der Waals surface area (Å²) in [5.41, 5.74) is 9.98. The van der Waals surface area contributed by atoms with E-state index in [0.29, 0.717) is 10.9 Å². The van der Waals surface area contributed by atoms with Crippen molar-refractivity contribution in [3.05, 3.63) is 40.3 Å². The largest absolute Gasteiger partial charge is 0.198 e. The van der Waals surface area contributed by atoms with Gasteiger partial charge in [-0.25, -0.2) is 0 Å². The number of aromatic nitrogens is 4. The van der Waals surface area contributed by atoms with Crippen molar-refractivity contribution in [2.24, 2.45) is 5.11 Å². The van der Waals surface area contributed by atoms with E-state index in [9.17, 15) is 5.26 Å². The van der Waals surface area contributed by atoms with Crippen LogP contribution in [0.5, 0.6) is 0 Å². The number of nitrogens with zero attached hydrogens (tertiary/aromatic N) is 8. The highest BCUT2D eigenvalue weighted by Crippen LogP contribution is 2.31. The molecule has 0 aliphatic heterocycles. The Kier molecular flexibility index (Phi) is 2.05. The standard InChI is InChI=1S/C10H4N8/c11-5-7-9(13-15-12)6-3-1-2-4-8(6)18-10(7)14-16-17-18/h1-4H. The first kappa shape index (κ1) is 10.0. The van der Waals surface area contributed by atoms with Gasteiger partial charge in [-0.1, -0.05) is 23.3 Å². The summed E-state index contributed by atoms with van der Waals surface area (Å²) in [7, 11) is 0. The fourth-order valence-corrected chi connectivity index (χ4v) is 1.86. The molecule has 0 aliphatic carbocycles. The first-order valence-corrected chi connectivity index (χ1v) is 4.95. The Morgan fingerprint density at radius 2 is 2.22 bits per heavy atom. The van der Waals surface area contributed by atoms with Gasteiger partial charge in [-0.15, -0.1) is 5.10 Å². The smallest absolute Gasteiger partial charge is 0.192 e. The van der Waals surface area contributed by atoms with Crippen LogP contribution in [0.3, 0.4) is 0 Å². The van der Waals surface area contributed by atoms with Gasteiger partial charge in [0, 0.05) is 10.3 Å². The molecule has 0 atom stereocenters. The molecule has 0 N–H and O–H groups in total. The quantitative estimate of drug-likeness (QED) is 0.365. The van der Waals surface area contributed by atoms with Crippen molar-refractivity contribution in [2.45, 2.75) is 0 Å². The lowest BCUT2D eigenvalue weighted by Gasteiger charge is -2.05. The van der Waals surface area contributed by atoms with Crippen LogP contribution in [0.2, 0.25) is 0 Å². The molecule has 0 fully saturated rings.